The molecule has 0 unspecified atom stereocenters. The summed E-state index contributed by atoms with van der Waals surface area (Å²) in [5.41, 5.74) is -1.25. The van der Waals surface area contributed by atoms with Gasteiger partial charge in [0.05, 0.1) is 0 Å². The van der Waals surface area contributed by atoms with E-state index < -0.39 is 22.3 Å². The molecule has 1 aromatic rings. The average molecular weight is 338 g/mol. The molecule has 9 nitrogen and oxygen atoms in total. The molecule has 0 aromatic carbocycles. The van der Waals surface area contributed by atoms with Crippen LogP contribution in [0, 0.1) is 23.0 Å². The Labute approximate surface area is 139 Å². The third-order valence-electron chi connectivity index (χ3n) is 4.79. The summed E-state index contributed by atoms with van der Waals surface area (Å²) in [6.45, 7) is 3.43. The Bertz CT molecular complexity index is 646. The van der Waals surface area contributed by atoms with E-state index in [1.54, 1.807) is 6.92 Å². The molecule has 2 rings (SSSR count). The number of hydrogen-bond acceptors (Lipinski definition) is 5. The fourth-order valence-corrected chi connectivity index (χ4v) is 3.17. The lowest BCUT2D eigenvalue weighted by atomic mass is 9.75. The van der Waals surface area contributed by atoms with Crippen molar-refractivity contribution in [1.29, 1.82) is 0 Å². The standard InChI is InChI=1S/C15H22N4O5/c1-3-11-4-6-15(7-5-11,14(21)22)17-13(20)9-18-8-12(19(23)24)16-10(18)2/h8,11H,3-7,9H2,1-2H3,(H,17,20)(H,21,22). The Balaban J connectivity index is 2.06. The van der Waals surface area contributed by atoms with E-state index >= 15 is 0 Å². The minimum absolute atomic E-state index is 0.196. The van der Waals surface area contributed by atoms with Crippen LogP contribution in [0.4, 0.5) is 5.82 Å². The zero-order valence-electron chi connectivity index (χ0n) is 13.8. The molecular formula is C15H22N4O5. The first-order chi connectivity index (χ1) is 11.3. The van der Waals surface area contributed by atoms with Crippen LogP contribution in [0.25, 0.3) is 0 Å². The van der Waals surface area contributed by atoms with Gasteiger partial charge in [-0.1, -0.05) is 13.3 Å². The lowest BCUT2D eigenvalue weighted by molar-refractivity contribution is -0.389. The first-order valence-corrected chi connectivity index (χ1v) is 8.00. The lowest BCUT2D eigenvalue weighted by Gasteiger charge is -2.37. The maximum absolute atomic E-state index is 12.3. The van der Waals surface area contributed by atoms with Gasteiger partial charge in [-0.15, -0.1) is 0 Å². The van der Waals surface area contributed by atoms with Gasteiger partial charge in [0, 0.05) is 6.92 Å². The third-order valence-corrected chi connectivity index (χ3v) is 4.79. The van der Waals surface area contributed by atoms with E-state index in [9.17, 15) is 24.8 Å². The summed E-state index contributed by atoms with van der Waals surface area (Å²) in [7, 11) is 0. The van der Waals surface area contributed by atoms with E-state index in [4.69, 9.17) is 0 Å². The predicted molar refractivity (Wildman–Crippen MR) is 84.4 cm³/mol. The zero-order valence-corrected chi connectivity index (χ0v) is 13.8. The average Bonchev–Trinajstić information content (AvgIpc) is 2.89. The van der Waals surface area contributed by atoms with Crippen LogP contribution in [-0.4, -0.2) is 37.0 Å². The van der Waals surface area contributed by atoms with Gasteiger partial charge in [0.2, 0.25) is 11.7 Å². The molecule has 0 radical (unpaired) electrons. The van der Waals surface area contributed by atoms with Crippen molar-refractivity contribution in [3.63, 3.8) is 0 Å². The molecule has 0 atom stereocenters. The number of carbonyl (C=O) groups excluding carboxylic acids is 1. The van der Waals surface area contributed by atoms with Crippen molar-refractivity contribution >= 4 is 17.7 Å². The molecule has 1 heterocycles. The highest BCUT2D eigenvalue weighted by Gasteiger charge is 2.42. The Hall–Kier alpha value is -2.45. The number of carbonyl (C=O) groups is 2. The number of hydrogen-bond donors (Lipinski definition) is 2. The van der Waals surface area contributed by atoms with Crippen molar-refractivity contribution in [3.8, 4) is 0 Å². The summed E-state index contributed by atoms with van der Waals surface area (Å²) in [4.78, 5) is 37.8. The topological polar surface area (TPSA) is 127 Å². The minimum atomic E-state index is -1.25. The second kappa shape index (κ2) is 6.98. The number of imidazole rings is 1. The molecule has 1 amide bonds. The number of carboxylic acids is 1. The fraction of sp³-hybridized carbons (Fsp3) is 0.667. The van der Waals surface area contributed by atoms with Crippen LogP contribution in [0.15, 0.2) is 6.20 Å². The Morgan fingerprint density at radius 3 is 2.58 bits per heavy atom. The highest BCUT2D eigenvalue weighted by Crippen LogP contribution is 2.34. The van der Waals surface area contributed by atoms with E-state index in [-0.39, 0.29) is 12.4 Å². The largest absolute Gasteiger partial charge is 0.480 e. The van der Waals surface area contributed by atoms with Crippen molar-refractivity contribution in [2.45, 2.75) is 58.0 Å². The number of nitrogens with zero attached hydrogens (tertiary/aromatic N) is 3. The van der Waals surface area contributed by atoms with Crippen molar-refractivity contribution in [1.82, 2.24) is 14.9 Å². The van der Waals surface area contributed by atoms with Gasteiger partial charge in [-0.25, -0.2) is 4.79 Å². The molecule has 0 aliphatic heterocycles. The molecular weight excluding hydrogens is 316 g/mol. The van der Waals surface area contributed by atoms with Gasteiger partial charge in [-0.05, 0) is 41.5 Å². The second-order valence-corrected chi connectivity index (χ2v) is 6.32. The van der Waals surface area contributed by atoms with E-state index in [1.165, 1.54) is 10.8 Å². The van der Waals surface area contributed by atoms with E-state index in [0.29, 0.717) is 24.6 Å². The van der Waals surface area contributed by atoms with Gasteiger partial charge in [0.15, 0.2) is 0 Å². The summed E-state index contributed by atoms with van der Waals surface area (Å²) in [5, 5.41) is 22.9. The van der Waals surface area contributed by atoms with Crippen LogP contribution < -0.4 is 5.32 Å². The fourth-order valence-electron chi connectivity index (χ4n) is 3.17. The molecule has 0 spiro atoms. The van der Waals surface area contributed by atoms with Gasteiger partial charge in [-0.2, -0.15) is 0 Å². The number of nitrogens with one attached hydrogen (secondary N) is 1. The third kappa shape index (κ3) is 3.72. The molecule has 1 fully saturated rings. The Morgan fingerprint density at radius 1 is 1.50 bits per heavy atom. The van der Waals surface area contributed by atoms with Gasteiger partial charge >= 0.3 is 11.8 Å². The van der Waals surface area contributed by atoms with Gasteiger partial charge in [-0.3, -0.25) is 9.36 Å². The van der Waals surface area contributed by atoms with Gasteiger partial charge < -0.3 is 20.5 Å². The Kier molecular flexibility index (Phi) is 5.20. The van der Waals surface area contributed by atoms with Crippen molar-refractivity contribution in [2.24, 2.45) is 5.92 Å². The van der Waals surface area contributed by atoms with Gasteiger partial charge in [0.25, 0.3) is 0 Å². The number of amides is 1. The SMILES string of the molecule is CCC1CCC(NC(=O)Cn2cc([N+](=O)[O-])nc2C)(C(=O)O)CC1. The lowest BCUT2D eigenvalue weighted by Crippen LogP contribution is -2.57. The molecule has 1 saturated carbocycles. The maximum Gasteiger partial charge on any atom is 0.381 e. The predicted octanol–water partition coefficient (Wildman–Crippen LogP) is 1.64. The minimum Gasteiger partial charge on any atom is -0.480 e. The maximum atomic E-state index is 12.3. The normalized spacial score (nSPS) is 23.7. The number of aromatic nitrogens is 2. The molecule has 1 aliphatic rings. The monoisotopic (exact) mass is 338 g/mol. The smallest absolute Gasteiger partial charge is 0.381 e. The summed E-state index contributed by atoms with van der Waals surface area (Å²) >= 11 is 0. The van der Waals surface area contributed by atoms with Crippen LogP contribution >= 0.6 is 0 Å². The van der Waals surface area contributed by atoms with Crippen molar-refractivity contribution in [3.05, 3.63) is 22.1 Å². The van der Waals surface area contributed by atoms with Crippen molar-refractivity contribution in [2.75, 3.05) is 0 Å². The molecule has 2 N–H and O–H groups in total. The first kappa shape index (κ1) is 17.9. The molecule has 1 aliphatic carbocycles. The van der Waals surface area contributed by atoms with Crippen LogP contribution in [0.1, 0.15) is 44.9 Å². The van der Waals surface area contributed by atoms with Crippen LogP contribution in [-0.2, 0) is 16.1 Å². The summed E-state index contributed by atoms with van der Waals surface area (Å²) in [6.07, 6.45) is 4.50. The van der Waals surface area contributed by atoms with Crippen LogP contribution in [0.3, 0.4) is 0 Å². The highest BCUT2D eigenvalue weighted by atomic mass is 16.6. The number of nitro groups is 1. The van der Waals surface area contributed by atoms with E-state index in [2.05, 4.69) is 17.2 Å². The number of carboxylic acid groups (broad SMARTS) is 1. The molecule has 1 aromatic heterocycles. The summed E-state index contributed by atoms with van der Waals surface area (Å²) in [6, 6.07) is 0. The van der Waals surface area contributed by atoms with Crippen LogP contribution in [0.5, 0.6) is 0 Å². The van der Waals surface area contributed by atoms with E-state index in [1.807, 2.05) is 0 Å². The van der Waals surface area contributed by atoms with Crippen LogP contribution in [0.2, 0.25) is 0 Å². The molecule has 0 bridgehead atoms. The van der Waals surface area contributed by atoms with Gasteiger partial charge in [0.1, 0.15) is 18.3 Å². The molecule has 132 valence electrons. The van der Waals surface area contributed by atoms with Crippen molar-refractivity contribution < 1.29 is 19.6 Å². The quantitative estimate of drug-likeness (QED) is 0.599. The molecule has 24 heavy (non-hydrogen) atoms. The number of rotatable bonds is 6. The number of aryl methyl sites for hydroxylation is 1. The summed E-state index contributed by atoms with van der Waals surface area (Å²) < 4.78 is 1.35. The number of aliphatic carboxylic acids is 1. The Morgan fingerprint density at radius 2 is 2.12 bits per heavy atom. The molecule has 9 heteroatoms. The summed E-state index contributed by atoms with van der Waals surface area (Å²) in [5.74, 6) is -1.03. The highest BCUT2D eigenvalue weighted by molar-refractivity contribution is 5.87. The molecule has 0 saturated heterocycles. The first-order valence-electron chi connectivity index (χ1n) is 8.00. The second-order valence-electron chi connectivity index (χ2n) is 6.32. The zero-order chi connectivity index (χ0) is 17.9. The van der Waals surface area contributed by atoms with E-state index in [0.717, 1.165) is 19.3 Å².